The summed E-state index contributed by atoms with van der Waals surface area (Å²) in [6, 6.07) is 14.4. The first-order valence-electron chi connectivity index (χ1n) is 7.71. The second kappa shape index (κ2) is 7.59. The van der Waals surface area contributed by atoms with Gasteiger partial charge in [0.15, 0.2) is 5.57 Å². The van der Waals surface area contributed by atoms with Gasteiger partial charge >= 0.3 is 0 Å². The fourth-order valence-corrected chi connectivity index (χ4v) is 3.50. The number of hydrogen-bond donors (Lipinski definition) is 1. The van der Waals surface area contributed by atoms with E-state index in [1.807, 2.05) is 12.1 Å². The lowest BCUT2D eigenvalue weighted by Gasteiger charge is -2.02. The maximum absolute atomic E-state index is 13.0. The number of para-hydroxylation sites is 1. The summed E-state index contributed by atoms with van der Waals surface area (Å²) in [5, 5.41) is 11.9. The van der Waals surface area contributed by atoms with Crippen LogP contribution in [-0.4, -0.2) is 22.5 Å². The normalized spacial score (nSPS) is 12.4. The maximum Gasteiger partial charge on any atom is 0.273 e. The van der Waals surface area contributed by atoms with Crippen LogP contribution in [0.1, 0.15) is 5.56 Å². The van der Waals surface area contributed by atoms with Crippen molar-refractivity contribution in [2.45, 2.75) is 0 Å². The molecule has 1 amide bonds. The molecule has 1 N–H and O–H groups in total. The largest absolute Gasteiger partial charge is 0.354 e. The first-order chi connectivity index (χ1) is 12.7. The SMILES string of the molecule is CNC(=O)/C(C#N)=c1/s/c(=C/c2ccncc2)c(=O)n1-c1ccccc1. The van der Waals surface area contributed by atoms with Crippen LogP contribution in [-0.2, 0) is 4.79 Å². The topological polar surface area (TPSA) is 87.8 Å². The Morgan fingerprint density at radius 1 is 1.23 bits per heavy atom. The lowest BCUT2D eigenvalue weighted by molar-refractivity contribution is -0.115. The highest BCUT2D eigenvalue weighted by molar-refractivity contribution is 7.07. The van der Waals surface area contributed by atoms with Crippen molar-refractivity contribution in [3.8, 4) is 11.8 Å². The molecule has 0 unspecified atom stereocenters. The van der Waals surface area contributed by atoms with E-state index in [1.54, 1.807) is 54.9 Å². The molecule has 0 aliphatic carbocycles. The zero-order chi connectivity index (χ0) is 18.5. The number of carbonyl (C=O) groups excluding carboxylic acids is 1. The van der Waals surface area contributed by atoms with Crippen LogP contribution >= 0.6 is 11.3 Å². The highest BCUT2D eigenvalue weighted by atomic mass is 32.1. The van der Waals surface area contributed by atoms with Gasteiger partial charge in [-0.3, -0.25) is 19.1 Å². The lowest BCUT2D eigenvalue weighted by Crippen LogP contribution is -2.33. The second-order valence-electron chi connectivity index (χ2n) is 5.24. The number of nitriles is 1. The molecule has 2 heterocycles. The minimum atomic E-state index is -0.533. The Morgan fingerprint density at radius 2 is 1.92 bits per heavy atom. The third kappa shape index (κ3) is 3.31. The molecule has 3 rings (SSSR count). The summed E-state index contributed by atoms with van der Waals surface area (Å²) in [4.78, 5) is 29.1. The van der Waals surface area contributed by atoms with Crippen LogP contribution in [0, 0.1) is 11.3 Å². The van der Waals surface area contributed by atoms with Gasteiger partial charge in [0.25, 0.3) is 11.5 Å². The number of nitrogens with zero attached hydrogens (tertiary/aromatic N) is 3. The summed E-state index contributed by atoms with van der Waals surface area (Å²) in [7, 11) is 1.45. The fourth-order valence-electron chi connectivity index (χ4n) is 2.39. The van der Waals surface area contributed by atoms with Gasteiger partial charge in [-0.1, -0.05) is 18.2 Å². The van der Waals surface area contributed by atoms with Crippen molar-refractivity contribution in [1.82, 2.24) is 14.9 Å². The Morgan fingerprint density at radius 3 is 2.54 bits per heavy atom. The van der Waals surface area contributed by atoms with Gasteiger partial charge in [0.05, 0.1) is 10.2 Å². The molecule has 0 atom stereocenters. The van der Waals surface area contributed by atoms with Gasteiger partial charge in [0.2, 0.25) is 0 Å². The van der Waals surface area contributed by atoms with Crippen LogP contribution in [0.15, 0.2) is 59.7 Å². The molecule has 0 bridgehead atoms. The first kappa shape index (κ1) is 17.3. The van der Waals surface area contributed by atoms with Crippen molar-refractivity contribution in [2.75, 3.05) is 7.05 Å². The summed E-state index contributed by atoms with van der Waals surface area (Å²) in [5.41, 5.74) is 1.01. The van der Waals surface area contributed by atoms with Gasteiger partial charge in [0, 0.05) is 19.4 Å². The molecule has 7 heteroatoms. The van der Waals surface area contributed by atoms with Crippen LogP contribution in [0.3, 0.4) is 0 Å². The quantitative estimate of drug-likeness (QED) is 0.737. The van der Waals surface area contributed by atoms with Gasteiger partial charge < -0.3 is 5.32 Å². The van der Waals surface area contributed by atoms with Gasteiger partial charge in [-0.25, -0.2) is 0 Å². The zero-order valence-corrected chi connectivity index (χ0v) is 14.7. The second-order valence-corrected chi connectivity index (χ2v) is 6.27. The molecule has 6 nitrogen and oxygen atoms in total. The van der Waals surface area contributed by atoms with E-state index in [2.05, 4.69) is 10.3 Å². The maximum atomic E-state index is 13.0. The molecule has 1 aromatic carbocycles. The molecular weight excluding hydrogens is 348 g/mol. The van der Waals surface area contributed by atoms with Crippen LogP contribution in [0.4, 0.5) is 0 Å². The van der Waals surface area contributed by atoms with E-state index in [4.69, 9.17) is 0 Å². The number of hydrogen-bond acceptors (Lipinski definition) is 5. The minimum Gasteiger partial charge on any atom is -0.354 e. The van der Waals surface area contributed by atoms with E-state index in [9.17, 15) is 14.9 Å². The molecule has 2 aromatic heterocycles. The molecule has 0 saturated carbocycles. The number of carbonyl (C=O) groups is 1. The Labute approximate surface area is 153 Å². The number of nitrogens with one attached hydrogen (secondary N) is 1. The Balaban J connectivity index is 2.42. The summed E-state index contributed by atoms with van der Waals surface area (Å²) < 4.78 is 2.11. The Hall–Kier alpha value is -3.50. The minimum absolute atomic E-state index is 0.104. The summed E-state index contributed by atoms with van der Waals surface area (Å²) in [5.74, 6) is -0.533. The highest BCUT2D eigenvalue weighted by Crippen LogP contribution is 2.03. The Bertz CT molecular complexity index is 1160. The van der Waals surface area contributed by atoms with Gasteiger partial charge in [-0.15, -0.1) is 11.3 Å². The first-order valence-corrected chi connectivity index (χ1v) is 8.53. The fraction of sp³-hybridized carbons (Fsp3) is 0.0526. The van der Waals surface area contributed by atoms with Crippen LogP contribution in [0.2, 0.25) is 0 Å². The molecule has 0 fully saturated rings. The summed E-state index contributed by atoms with van der Waals surface area (Å²) in [6.07, 6.45) is 4.98. The van der Waals surface area contributed by atoms with Crippen molar-refractivity contribution in [3.63, 3.8) is 0 Å². The van der Waals surface area contributed by atoms with E-state index in [0.717, 1.165) is 16.9 Å². The van der Waals surface area contributed by atoms with E-state index >= 15 is 0 Å². The van der Waals surface area contributed by atoms with Crippen molar-refractivity contribution in [3.05, 3.63) is 80.0 Å². The molecule has 3 aromatic rings. The predicted octanol–water partition coefficient (Wildman–Crippen LogP) is 0.543. The van der Waals surface area contributed by atoms with Gasteiger partial charge in [-0.2, -0.15) is 5.26 Å². The average Bonchev–Trinajstić information content (AvgIpc) is 2.99. The third-order valence-electron chi connectivity index (χ3n) is 3.62. The number of aromatic nitrogens is 2. The standard InChI is InChI=1S/C19H14N4O2S/c1-21-17(24)15(12-20)19-23(14-5-3-2-4-6-14)18(25)16(26-19)11-13-7-9-22-10-8-13/h2-11H,1H3,(H,21,24)/b16-11+,19-15+. The number of benzene rings is 1. The van der Waals surface area contributed by atoms with Crippen molar-refractivity contribution in [2.24, 2.45) is 0 Å². The van der Waals surface area contributed by atoms with E-state index in [1.165, 1.54) is 11.6 Å². The molecule has 26 heavy (non-hydrogen) atoms. The van der Waals surface area contributed by atoms with E-state index < -0.39 is 5.91 Å². The van der Waals surface area contributed by atoms with Gasteiger partial charge in [0.1, 0.15) is 10.7 Å². The van der Waals surface area contributed by atoms with E-state index in [0.29, 0.717) is 14.9 Å². The molecule has 128 valence electrons. The Kier molecular flexibility index (Phi) is 5.06. The lowest BCUT2D eigenvalue weighted by atomic mass is 10.2. The zero-order valence-electron chi connectivity index (χ0n) is 13.8. The van der Waals surface area contributed by atoms with Crippen LogP contribution in [0.5, 0.6) is 0 Å². The average molecular weight is 362 g/mol. The van der Waals surface area contributed by atoms with Crippen molar-refractivity contribution in [1.29, 1.82) is 5.26 Å². The summed E-state index contributed by atoms with van der Waals surface area (Å²) in [6.45, 7) is 0. The molecular formula is C19H14N4O2S. The van der Waals surface area contributed by atoms with Crippen molar-refractivity contribution >= 4 is 28.9 Å². The monoisotopic (exact) mass is 362 g/mol. The molecule has 0 radical (unpaired) electrons. The number of rotatable bonds is 3. The number of pyridine rings is 1. The predicted molar refractivity (Wildman–Crippen MR) is 100 cm³/mol. The van der Waals surface area contributed by atoms with E-state index in [-0.39, 0.29) is 11.1 Å². The molecule has 0 aliphatic rings. The number of amides is 1. The van der Waals surface area contributed by atoms with Crippen LogP contribution < -0.4 is 20.1 Å². The third-order valence-corrected chi connectivity index (χ3v) is 4.71. The smallest absolute Gasteiger partial charge is 0.273 e. The molecule has 0 aliphatic heterocycles. The number of thiazole rings is 1. The molecule has 0 saturated heterocycles. The molecule has 0 spiro atoms. The van der Waals surface area contributed by atoms with Crippen LogP contribution in [0.25, 0.3) is 17.3 Å². The highest BCUT2D eigenvalue weighted by Gasteiger charge is 2.15. The van der Waals surface area contributed by atoms with Gasteiger partial charge in [-0.05, 0) is 35.9 Å². The summed E-state index contributed by atoms with van der Waals surface area (Å²) >= 11 is 1.11. The van der Waals surface area contributed by atoms with Crippen molar-refractivity contribution < 1.29 is 4.79 Å².